The number of rotatable bonds is 6. The van der Waals surface area contributed by atoms with Gasteiger partial charge in [-0.1, -0.05) is 36.4 Å². The maximum Gasteiger partial charge on any atom is 0.224 e. The Hall–Kier alpha value is -2.66. The quantitative estimate of drug-likeness (QED) is 0.827. The second-order valence-electron chi connectivity index (χ2n) is 7.20. The van der Waals surface area contributed by atoms with Gasteiger partial charge in [-0.15, -0.1) is 0 Å². The predicted octanol–water partition coefficient (Wildman–Crippen LogP) is 2.75. The van der Waals surface area contributed by atoms with Crippen LogP contribution in [0.5, 0.6) is 0 Å². The molecule has 27 heavy (non-hydrogen) atoms. The Kier molecular flexibility index (Phi) is 6.24. The molecule has 1 atom stereocenters. The summed E-state index contributed by atoms with van der Waals surface area (Å²) < 4.78 is 0. The SMILES string of the molecule is CC(=O)Nc1ccc(CC(=O)NCC(C)N2CCc3ccccc3C2)cc1. The molecule has 0 aromatic heterocycles. The topological polar surface area (TPSA) is 61.4 Å². The summed E-state index contributed by atoms with van der Waals surface area (Å²) in [5, 5.41) is 5.77. The van der Waals surface area contributed by atoms with E-state index in [2.05, 4.69) is 46.7 Å². The van der Waals surface area contributed by atoms with Gasteiger partial charge in [-0.2, -0.15) is 0 Å². The molecule has 1 heterocycles. The number of nitrogens with one attached hydrogen (secondary N) is 2. The molecule has 1 unspecified atom stereocenters. The van der Waals surface area contributed by atoms with Gasteiger partial charge in [-0.25, -0.2) is 0 Å². The lowest BCUT2D eigenvalue weighted by Gasteiger charge is -2.33. The molecule has 0 radical (unpaired) electrons. The summed E-state index contributed by atoms with van der Waals surface area (Å²) in [7, 11) is 0. The van der Waals surface area contributed by atoms with Gasteiger partial charge in [0.25, 0.3) is 0 Å². The van der Waals surface area contributed by atoms with Crippen molar-refractivity contribution in [1.82, 2.24) is 10.2 Å². The first-order valence-electron chi connectivity index (χ1n) is 9.45. The Morgan fingerprint density at radius 2 is 1.78 bits per heavy atom. The van der Waals surface area contributed by atoms with Crippen molar-refractivity contribution in [3.05, 3.63) is 65.2 Å². The molecule has 0 aliphatic carbocycles. The number of hydrogen-bond donors (Lipinski definition) is 2. The molecule has 0 saturated heterocycles. The monoisotopic (exact) mass is 365 g/mol. The van der Waals surface area contributed by atoms with Gasteiger partial charge in [-0.3, -0.25) is 14.5 Å². The van der Waals surface area contributed by atoms with E-state index in [-0.39, 0.29) is 11.8 Å². The van der Waals surface area contributed by atoms with E-state index in [4.69, 9.17) is 0 Å². The molecule has 5 heteroatoms. The fourth-order valence-corrected chi connectivity index (χ4v) is 3.44. The van der Waals surface area contributed by atoms with Crippen molar-refractivity contribution < 1.29 is 9.59 Å². The lowest BCUT2D eigenvalue weighted by atomic mass is 9.99. The molecule has 2 N–H and O–H groups in total. The van der Waals surface area contributed by atoms with Gasteiger partial charge in [0.15, 0.2) is 0 Å². The van der Waals surface area contributed by atoms with Crippen LogP contribution in [0.1, 0.15) is 30.5 Å². The summed E-state index contributed by atoms with van der Waals surface area (Å²) in [5.41, 5.74) is 4.50. The number of amides is 2. The molecule has 0 fully saturated rings. The van der Waals surface area contributed by atoms with Crippen LogP contribution in [0.15, 0.2) is 48.5 Å². The summed E-state index contributed by atoms with van der Waals surface area (Å²) >= 11 is 0. The molecular weight excluding hydrogens is 338 g/mol. The van der Waals surface area contributed by atoms with Gasteiger partial charge < -0.3 is 10.6 Å². The maximum atomic E-state index is 12.3. The fourth-order valence-electron chi connectivity index (χ4n) is 3.44. The number of hydrogen-bond acceptors (Lipinski definition) is 3. The molecule has 2 aromatic carbocycles. The predicted molar refractivity (Wildman–Crippen MR) is 107 cm³/mol. The van der Waals surface area contributed by atoms with Crippen molar-refractivity contribution in [2.24, 2.45) is 0 Å². The highest BCUT2D eigenvalue weighted by Crippen LogP contribution is 2.20. The zero-order valence-electron chi connectivity index (χ0n) is 16.0. The van der Waals surface area contributed by atoms with Gasteiger partial charge in [0.1, 0.15) is 0 Å². The van der Waals surface area contributed by atoms with Crippen molar-refractivity contribution >= 4 is 17.5 Å². The molecule has 2 aromatic rings. The third-order valence-corrected chi connectivity index (χ3v) is 5.02. The van der Waals surface area contributed by atoms with Gasteiger partial charge in [0.2, 0.25) is 11.8 Å². The van der Waals surface area contributed by atoms with E-state index in [1.165, 1.54) is 18.1 Å². The summed E-state index contributed by atoms with van der Waals surface area (Å²) in [6.07, 6.45) is 1.41. The van der Waals surface area contributed by atoms with Crippen LogP contribution in [-0.2, 0) is 29.0 Å². The van der Waals surface area contributed by atoms with Crippen molar-refractivity contribution in [2.45, 2.75) is 39.3 Å². The van der Waals surface area contributed by atoms with Gasteiger partial charge in [-0.05, 0) is 42.2 Å². The van der Waals surface area contributed by atoms with Crippen LogP contribution in [0, 0.1) is 0 Å². The van der Waals surface area contributed by atoms with Crippen LogP contribution in [0.25, 0.3) is 0 Å². The van der Waals surface area contributed by atoms with Crippen molar-refractivity contribution in [2.75, 3.05) is 18.4 Å². The Bertz CT molecular complexity index is 801. The van der Waals surface area contributed by atoms with E-state index < -0.39 is 0 Å². The third kappa shape index (κ3) is 5.41. The lowest BCUT2D eigenvalue weighted by Crippen LogP contribution is -2.44. The molecular formula is C22H27N3O2. The first-order valence-corrected chi connectivity index (χ1v) is 9.45. The molecule has 5 nitrogen and oxygen atoms in total. The van der Waals surface area contributed by atoms with E-state index in [1.807, 2.05) is 24.3 Å². The summed E-state index contributed by atoms with van der Waals surface area (Å²) in [4.78, 5) is 25.7. The zero-order valence-corrected chi connectivity index (χ0v) is 16.0. The van der Waals surface area contributed by atoms with E-state index in [0.29, 0.717) is 19.0 Å². The molecule has 1 aliphatic rings. The highest BCUT2D eigenvalue weighted by atomic mass is 16.2. The van der Waals surface area contributed by atoms with Crippen molar-refractivity contribution in [1.29, 1.82) is 0 Å². The minimum atomic E-state index is -0.102. The van der Waals surface area contributed by atoms with Crippen LogP contribution in [0.3, 0.4) is 0 Å². The molecule has 1 aliphatic heterocycles. The Labute approximate surface area is 160 Å². The summed E-state index contributed by atoms with van der Waals surface area (Å²) in [6.45, 7) is 6.25. The molecule has 3 rings (SSSR count). The van der Waals surface area contributed by atoms with E-state index in [1.54, 1.807) is 0 Å². The average molecular weight is 365 g/mol. The molecule has 0 bridgehead atoms. The Balaban J connectivity index is 1.45. The van der Waals surface area contributed by atoms with Crippen LogP contribution < -0.4 is 10.6 Å². The molecule has 142 valence electrons. The maximum absolute atomic E-state index is 12.3. The fraction of sp³-hybridized carbons (Fsp3) is 0.364. The molecule has 2 amide bonds. The third-order valence-electron chi connectivity index (χ3n) is 5.02. The standard InChI is InChI=1S/C22H27N3O2/c1-16(25-12-11-19-5-3-4-6-20(19)15-25)14-23-22(27)13-18-7-9-21(10-8-18)24-17(2)26/h3-10,16H,11-15H2,1-2H3,(H,23,27)(H,24,26). The van der Waals surface area contributed by atoms with Crippen LogP contribution in [0.2, 0.25) is 0 Å². The van der Waals surface area contributed by atoms with Crippen LogP contribution in [0.4, 0.5) is 5.69 Å². The number of benzene rings is 2. The number of fused-ring (bicyclic) bond motifs is 1. The molecule has 0 spiro atoms. The smallest absolute Gasteiger partial charge is 0.224 e. The lowest BCUT2D eigenvalue weighted by molar-refractivity contribution is -0.120. The number of carbonyl (C=O) groups is 2. The highest BCUT2D eigenvalue weighted by Gasteiger charge is 2.20. The Morgan fingerprint density at radius 1 is 1.07 bits per heavy atom. The van der Waals surface area contributed by atoms with Crippen LogP contribution in [-0.4, -0.2) is 35.8 Å². The van der Waals surface area contributed by atoms with Crippen molar-refractivity contribution in [3.63, 3.8) is 0 Å². The van der Waals surface area contributed by atoms with E-state index in [0.717, 1.165) is 30.8 Å². The summed E-state index contributed by atoms with van der Waals surface area (Å²) in [6, 6.07) is 16.3. The molecule has 0 saturated carbocycles. The van der Waals surface area contributed by atoms with Gasteiger partial charge in [0, 0.05) is 38.3 Å². The summed E-state index contributed by atoms with van der Waals surface area (Å²) in [5.74, 6) is -0.0821. The minimum absolute atomic E-state index is 0.0199. The largest absolute Gasteiger partial charge is 0.354 e. The van der Waals surface area contributed by atoms with Gasteiger partial charge in [0.05, 0.1) is 6.42 Å². The first kappa shape index (κ1) is 19.1. The van der Waals surface area contributed by atoms with Gasteiger partial charge >= 0.3 is 0 Å². The highest BCUT2D eigenvalue weighted by molar-refractivity contribution is 5.88. The zero-order chi connectivity index (χ0) is 19.2. The van der Waals surface area contributed by atoms with Crippen molar-refractivity contribution in [3.8, 4) is 0 Å². The average Bonchev–Trinajstić information content (AvgIpc) is 2.67. The number of carbonyl (C=O) groups excluding carboxylic acids is 2. The number of nitrogens with zero attached hydrogens (tertiary/aromatic N) is 1. The Morgan fingerprint density at radius 3 is 2.48 bits per heavy atom. The van der Waals surface area contributed by atoms with Crippen LogP contribution >= 0.6 is 0 Å². The second-order valence-corrected chi connectivity index (χ2v) is 7.20. The number of anilines is 1. The second kappa shape index (κ2) is 8.82. The first-order chi connectivity index (χ1) is 13.0. The minimum Gasteiger partial charge on any atom is -0.354 e. The normalized spacial score (nSPS) is 14.9. The van der Waals surface area contributed by atoms with E-state index >= 15 is 0 Å². The van der Waals surface area contributed by atoms with E-state index in [9.17, 15) is 9.59 Å².